The summed E-state index contributed by atoms with van der Waals surface area (Å²) in [6, 6.07) is 4.59. The van der Waals surface area contributed by atoms with Gasteiger partial charge in [-0.1, -0.05) is 0 Å². The number of nitrogens with one attached hydrogen (secondary N) is 1. The number of nitrogens with zero attached hydrogens (tertiary/aromatic N) is 5. The molecule has 9 N–H and O–H groups in total. The second-order valence-corrected chi connectivity index (χ2v) is 10.6. The fourth-order valence-corrected chi connectivity index (χ4v) is 4.63. The average Bonchev–Trinajstić information content (AvgIpc) is 2.94. The standard InChI is InChI=1S/C24H29N8O11P/c1-32(11-13-10-27-20-18(28-13)19(25)30-24(26)31-20)14-4-2-12(3-5-14)21(35)29-15(22(36)37)8-9-42-44(40,41)43-16(23(38)39)6-7-17(33)34/h2-5,10,15-16H,6-9,11H2,1H3,(H,29,35)(H,33,34)(H,36,37)(H,38,39)(H,40,41)(H4,25,26,27,30,31)/t15-,16-/m0/s1. The quantitative estimate of drug-likeness (QED) is 0.104. The number of carbonyl (C=O) groups is 4. The lowest BCUT2D eigenvalue weighted by atomic mass is 10.1. The molecular formula is C24H29N8O11P. The Morgan fingerprint density at radius 2 is 1.70 bits per heavy atom. The van der Waals surface area contributed by atoms with E-state index < -0.39 is 69.7 Å². The molecule has 1 amide bonds. The van der Waals surface area contributed by atoms with Gasteiger partial charge in [-0.15, -0.1) is 0 Å². The van der Waals surface area contributed by atoms with E-state index in [4.69, 9.17) is 21.7 Å². The van der Waals surface area contributed by atoms with E-state index in [0.717, 1.165) is 0 Å². The van der Waals surface area contributed by atoms with Crippen LogP contribution in [-0.4, -0.2) is 89.8 Å². The summed E-state index contributed by atoms with van der Waals surface area (Å²) in [5.74, 6) is -5.20. The van der Waals surface area contributed by atoms with Gasteiger partial charge in [-0.2, -0.15) is 9.97 Å². The number of aromatic nitrogens is 4. The van der Waals surface area contributed by atoms with Crippen LogP contribution in [0.2, 0.25) is 0 Å². The minimum atomic E-state index is -5.01. The van der Waals surface area contributed by atoms with Crippen molar-refractivity contribution in [2.24, 2.45) is 0 Å². The molecule has 0 aliphatic heterocycles. The summed E-state index contributed by atoms with van der Waals surface area (Å²) >= 11 is 0. The molecule has 3 aromatic rings. The van der Waals surface area contributed by atoms with Gasteiger partial charge in [0.25, 0.3) is 5.91 Å². The van der Waals surface area contributed by atoms with Crippen molar-refractivity contribution in [3.63, 3.8) is 0 Å². The number of carboxylic acid groups (broad SMARTS) is 3. The van der Waals surface area contributed by atoms with Gasteiger partial charge in [0.05, 0.1) is 25.0 Å². The zero-order valence-electron chi connectivity index (χ0n) is 23.1. The summed E-state index contributed by atoms with van der Waals surface area (Å²) in [5, 5.41) is 29.5. The summed E-state index contributed by atoms with van der Waals surface area (Å²) in [4.78, 5) is 74.2. The van der Waals surface area contributed by atoms with Crippen LogP contribution < -0.4 is 21.7 Å². The molecule has 0 aliphatic rings. The number of carboxylic acids is 3. The third kappa shape index (κ3) is 9.53. The smallest absolute Gasteiger partial charge is 0.473 e. The van der Waals surface area contributed by atoms with Gasteiger partial charge in [0, 0.05) is 31.1 Å². The van der Waals surface area contributed by atoms with Gasteiger partial charge in [-0.05, 0) is 30.7 Å². The largest absolute Gasteiger partial charge is 0.481 e. The number of benzene rings is 1. The summed E-state index contributed by atoms with van der Waals surface area (Å²) in [7, 11) is -3.25. The number of hydrogen-bond donors (Lipinski definition) is 7. The SMILES string of the molecule is CN(Cc1cnc2nc(N)nc(N)c2n1)c1ccc(C(=O)N[C@@H](CCOP(=O)(O)O[C@@H](CCC(=O)O)C(=O)O)C(=O)O)cc1. The van der Waals surface area contributed by atoms with Gasteiger partial charge in [0.2, 0.25) is 5.95 Å². The first kappa shape index (κ1) is 33.5. The molecule has 3 atom stereocenters. The number of phosphoric ester groups is 1. The first-order valence-electron chi connectivity index (χ1n) is 12.6. The molecule has 0 aliphatic carbocycles. The van der Waals surface area contributed by atoms with E-state index in [1.54, 1.807) is 24.1 Å². The molecule has 0 saturated heterocycles. The first-order valence-corrected chi connectivity index (χ1v) is 14.1. The molecule has 1 aromatic carbocycles. The summed E-state index contributed by atoms with van der Waals surface area (Å²) in [5.41, 5.74) is 13.3. The number of phosphoric acid groups is 1. The maximum atomic E-state index is 12.7. The van der Waals surface area contributed by atoms with Crippen LogP contribution in [0.4, 0.5) is 17.5 Å². The Labute approximate surface area is 248 Å². The number of rotatable bonds is 16. The predicted octanol–water partition coefficient (Wildman–Crippen LogP) is 0.245. The maximum Gasteiger partial charge on any atom is 0.473 e. The third-order valence-electron chi connectivity index (χ3n) is 5.89. The van der Waals surface area contributed by atoms with E-state index in [9.17, 15) is 33.7 Å². The van der Waals surface area contributed by atoms with Crippen LogP contribution in [0.25, 0.3) is 11.2 Å². The van der Waals surface area contributed by atoms with Gasteiger partial charge in [0.1, 0.15) is 6.04 Å². The molecular weight excluding hydrogens is 607 g/mol. The van der Waals surface area contributed by atoms with Crippen molar-refractivity contribution in [3.8, 4) is 0 Å². The van der Waals surface area contributed by atoms with Crippen molar-refractivity contribution in [1.29, 1.82) is 0 Å². The Balaban J connectivity index is 1.56. The van der Waals surface area contributed by atoms with Crippen LogP contribution in [0.15, 0.2) is 30.5 Å². The van der Waals surface area contributed by atoms with Crippen molar-refractivity contribution < 1.29 is 53.0 Å². The Bertz CT molecular complexity index is 1590. The van der Waals surface area contributed by atoms with Gasteiger partial charge < -0.3 is 41.9 Å². The zero-order chi connectivity index (χ0) is 32.6. The number of nitrogen functional groups attached to an aromatic ring is 2. The fraction of sp³-hybridized carbons (Fsp3) is 0.333. The van der Waals surface area contributed by atoms with E-state index in [1.807, 2.05) is 0 Å². The highest BCUT2D eigenvalue weighted by atomic mass is 31.2. The molecule has 0 radical (unpaired) electrons. The molecule has 0 spiro atoms. The Kier molecular flexibility index (Phi) is 11.0. The summed E-state index contributed by atoms with van der Waals surface area (Å²) < 4.78 is 21.2. The lowest BCUT2D eigenvalue weighted by molar-refractivity contribution is -0.147. The van der Waals surface area contributed by atoms with Gasteiger partial charge in [-0.25, -0.2) is 24.1 Å². The second-order valence-electron chi connectivity index (χ2n) is 9.22. The van der Waals surface area contributed by atoms with Crippen molar-refractivity contribution in [2.45, 2.75) is 38.0 Å². The van der Waals surface area contributed by atoms with E-state index in [2.05, 4.69) is 34.3 Å². The molecule has 2 aromatic heterocycles. The average molecular weight is 637 g/mol. The molecule has 20 heteroatoms. The lowest BCUT2D eigenvalue weighted by Crippen LogP contribution is -2.41. The monoisotopic (exact) mass is 636 g/mol. The Morgan fingerprint density at radius 3 is 2.32 bits per heavy atom. The molecule has 44 heavy (non-hydrogen) atoms. The first-order chi connectivity index (χ1) is 20.6. The summed E-state index contributed by atoms with van der Waals surface area (Å²) in [6.45, 7) is -0.423. The molecule has 19 nitrogen and oxygen atoms in total. The lowest BCUT2D eigenvalue weighted by Gasteiger charge is -2.20. The molecule has 0 bridgehead atoms. The van der Waals surface area contributed by atoms with Crippen LogP contribution in [0.5, 0.6) is 0 Å². The van der Waals surface area contributed by atoms with Crippen LogP contribution in [0, 0.1) is 0 Å². The number of anilines is 3. The van der Waals surface area contributed by atoms with E-state index in [-0.39, 0.29) is 23.0 Å². The fourth-order valence-electron chi connectivity index (χ4n) is 3.71. The minimum Gasteiger partial charge on any atom is -0.481 e. The molecule has 236 valence electrons. The highest BCUT2D eigenvalue weighted by Crippen LogP contribution is 2.45. The predicted molar refractivity (Wildman–Crippen MR) is 151 cm³/mol. The van der Waals surface area contributed by atoms with Crippen molar-refractivity contribution in [2.75, 3.05) is 30.0 Å². The van der Waals surface area contributed by atoms with Crippen molar-refractivity contribution in [1.82, 2.24) is 25.3 Å². The normalized spacial score (nSPS) is 13.9. The van der Waals surface area contributed by atoms with E-state index >= 15 is 0 Å². The number of nitrogens with two attached hydrogens (primary N) is 2. The summed E-state index contributed by atoms with van der Waals surface area (Å²) in [6.07, 6.45) is -2.19. The molecule has 0 fully saturated rings. The number of amides is 1. The maximum absolute atomic E-state index is 12.7. The number of hydrogen-bond acceptors (Lipinski definition) is 14. The van der Waals surface area contributed by atoms with Gasteiger partial charge in [-0.3, -0.25) is 18.6 Å². The van der Waals surface area contributed by atoms with Gasteiger partial charge in [0.15, 0.2) is 23.1 Å². The molecule has 1 unspecified atom stereocenters. The Hall–Kier alpha value is -4.97. The number of fused-ring (bicyclic) bond motifs is 1. The van der Waals surface area contributed by atoms with E-state index in [0.29, 0.717) is 23.4 Å². The van der Waals surface area contributed by atoms with Crippen LogP contribution >= 0.6 is 7.82 Å². The number of carbonyl (C=O) groups excluding carboxylic acids is 1. The topological polar surface area (TPSA) is 304 Å². The van der Waals surface area contributed by atoms with Gasteiger partial charge >= 0.3 is 25.7 Å². The zero-order valence-corrected chi connectivity index (χ0v) is 24.0. The van der Waals surface area contributed by atoms with E-state index in [1.165, 1.54) is 18.3 Å². The molecule has 3 rings (SSSR count). The van der Waals surface area contributed by atoms with Crippen molar-refractivity contribution in [3.05, 3.63) is 41.7 Å². The molecule has 2 heterocycles. The molecule has 0 saturated carbocycles. The second kappa shape index (κ2) is 14.5. The highest BCUT2D eigenvalue weighted by molar-refractivity contribution is 7.47. The van der Waals surface area contributed by atoms with Crippen LogP contribution in [0.3, 0.4) is 0 Å². The third-order valence-corrected chi connectivity index (χ3v) is 6.92. The highest BCUT2D eigenvalue weighted by Gasteiger charge is 2.32. The van der Waals surface area contributed by atoms with Crippen LogP contribution in [0.1, 0.15) is 35.3 Å². The Morgan fingerprint density at radius 1 is 1.02 bits per heavy atom. The van der Waals surface area contributed by atoms with Crippen LogP contribution in [-0.2, 0) is 34.5 Å². The number of aliphatic carboxylic acids is 3. The van der Waals surface area contributed by atoms with Crippen molar-refractivity contribution >= 4 is 60.3 Å². The minimum absolute atomic E-state index is 0.0238.